The van der Waals surface area contributed by atoms with Crippen LogP contribution in [0, 0.1) is 0 Å². The molecule has 0 aromatic heterocycles. The number of aliphatic carboxylic acids is 2. The molecule has 0 saturated heterocycles. The van der Waals surface area contributed by atoms with Crippen molar-refractivity contribution < 1.29 is 24.6 Å². The molecule has 6 nitrogen and oxygen atoms in total. The molecule has 1 rings (SSSR count). The van der Waals surface area contributed by atoms with Gasteiger partial charge in [-0.1, -0.05) is 11.6 Å². The molecular weight excluding hydrogens is 238 g/mol. The molecule has 0 heterocycles. The van der Waals surface area contributed by atoms with Gasteiger partial charge in [0.25, 0.3) is 0 Å². The second-order valence-corrected chi connectivity index (χ2v) is 4.34. The third kappa shape index (κ3) is 4.99. The summed E-state index contributed by atoms with van der Waals surface area (Å²) in [5.74, 6) is -3.01. The van der Waals surface area contributed by atoms with Crippen LogP contribution in [0.1, 0.15) is 38.5 Å². The Hall–Kier alpha value is -1.85. The van der Waals surface area contributed by atoms with E-state index in [9.17, 15) is 14.4 Å². The van der Waals surface area contributed by atoms with Crippen molar-refractivity contribution in [1.82, 2.24) is 5.32 Å². The number of carboxylic acid groups (broad SMARTS) is 2. The lowest BCUT2D eigenvalue weighted by Crippen LogP contribution is -2.42. The van der Waals surface area contributed by atoms with Crippen molar-refractivity contribution in [2.75, 3.05) is 0 Å². The Morgan fingerprint density at radius 3 is 2.50 bits per heavy atom. The summed E-state index contributed by atoms with van der Waals surface area (Å²) in [6, 6.07) is -1.36. The molecular formula is C12H17NO5. The standard InChI is InChI=1S/C12H17NO5/c14-10(6-8-4-2-1-3-5-8)13-9(12(17)18)7-11(15)16/h4,9H,1-3,5-7H2,(H,13,14)(H,15,16)(H,17,18)/t9-/m1/s1. The summed E-state index contributed by atoms with van der Waals surface area (Å²) < 4.78 is 0. The van der Waals surface area contributed by atoms with E-state index >= 15 is 0 Å². The van der Waals surface area contributed by atoms with Gasteiger partial charge in [-0.2, -0.15) is 0 Å². The number of hydrogen-bond donors (Lipinski definition) is 3. The minimum absolute atomic E-state index is 0.156. The van der Waals surface area contributed by atoms with Crippen LogP contribution in [-0.4, -0.2) is 34.1 Å². The third-order valence-corrected chi connectivity index (χ3v) is 2.78. The lowest BCUT2D eigenvalue weighted by molar-refractivity contribution is -0.147. The van der Waals surface area contributed by atoms with E-state index in [0.717, 1.165) is 31.3 Å². The maximum absolute atomic E-state index is 11.6. The largest absolute Gasteiger partial charge is 0.481 e. The summed E-state index contributed by atoms with van der Waals surface area (Å²) in [5, 5.41) is 19.6. The molecule has 0 saturated carbocycles. The summed E-state index contributed by atoms with van der Waals surface area (Å²) in [5.41, 5.74) is 0.998. The Bertz CT molecular complexity index is 375. The van der Waals surface area contributed by atoms with Crippen molar-refractivity contribution in [1.29, 1.82) is 0 Å². The van der Waals surface area contributed by atoms with Crippen LogP contribution in [0.15, 0.2) is 11.6 Å². The Morgan fingerprint density at radius 1 is 1.28 bits per heavy atom. The zero-order valence-electron chi connectivity index (χ0n) is 10.0. The lowest BCUT2D eigenvalue weighted by atomic mass is 9.97. The van der Waals surface area contributed by atoms with Crippen molar-refractivity contribution in [3.8, 4) is 0 Å². The van der Waals surface area contributed by atoms with E-state index in [1.54, 1.807) is 0 Å². The van der Waals surface area contributed by atoms with Gasteiger partial charge in [-0.05, 0) is 25.7 Å². The van der Waals surface area contributed by atoms with Gasteiger partial charge in [0.05, 0.1) is 6.42 Å². The number of allylic oxidation sites excluding steroid dienone is 1. The van der Waals surface area contributed by atoms with Crippen molar-refractivity contribution >= 4 is 17.8 Å². The average molecular weight is 255 g/mol. The average Bonchev–Trinajstić information content (AvgIpc) is 2.28. The molecule has 0 radical (unpaired) electrons. The smallest absolute Gasteiger partial charge is 0.326 e. The van der Waals surface area contributed by atoms with E-state index < -0.39 is 30.3 Å². The highest BCUT2D eigenvalue weighted by atomic mass is 16.4. The number of rotatable bonds is 6. The molecule has 0 unspecified atom stereocenters. The maximum Gasteiger partial charge on any atom is 0.326 e. The quantitative estimate of drug-likeness (QED) is 0.612. The van der Waals surface area contributed by atoms with Crippen LogP contribution in [0.3, 0.4) is 0 Å². The van der Waals surface area contributed by atoms with E-state index in [1.807, 2.05) is 6.08 Å². The van der Waals surface area contributed by atoms with Crippen LogP contribution in [0.2, 0.25) is 0 Å². The fraction of sp³-hybridized carbons (Fsp3) is 0.583. The van der Waals surface area contributed by atoms with Gasteiger partial charge in [0, 0.05) is 6.42 Å². The third-order valence-electron chi connectivity index (χ3n) is 2.78. The van der Waals surface area contributed by atoms with Gasteiger partial charge in [0.1, 0.15) is 6.04 Å². The summed E-state index contributed by atoms with van der Waals surface area (Å²) in [6.45, 7) is 0. The molecule has 0 aliphatic heterocycles. The van der Waals surface area contributed by atoms with Gasteiger partial charge in [-0.3, -0.25) is 9.59 Å². The molecule has 0 spiro atoms. The predicted octanol–water partition coefficient (Wildman–Crippen LogP) is 0.921. The Morgan fingerprint density at radius 2 is 2.00 bits per heavy atom. The minimum Gasteiger partial charge on any atom is -0.481 e. The highest BCUT2D eigenvalue weighted by Crippen LogP contribution is 2.19. The second-order valence-electron chi connectivity index (χ2n) is 4.34. The highest BCUT2D eigenvalue weighted by Gasteiger charge is 2.23. The van der Waals surface area contributed by atoms with Crippen LogP contribution in [0.4, 0.5) is 0 Å². The van der Waals surface area contributed by atoms with E-state index in [4.69, 9.17) is 10.2 Å². The van der Waals surface area contributed by atoms with Gasteiger partial charge < -0.3 is 15.5 Å². The molecule has 1 amide bonds. The van der Waals surface area contributed by atoms with E-state index in [-0.39, 0.29) is 6.42 Å². The highest BCUT2D eigenvalue weighted by molar-refractivity contribution is 5.87. The molecule has 1 aliphatic rings. The fourth-order valence-corrected chi connectivity index (χ4v) is 1.89. The molecule has 0 aromatic rings. The maximum atomic E-state index is 11.6. The second kappa shape index (κ2) is 6.78. The van der Waals surface area contributed by atoms with Crippen LogP contribution in [-0.2, 0) is 14.4 Å². The normalized spacial score (nSPS) is 16.6. The molecule has 3 N–H and O–H groups in total. The Labute approximate surface area is 105 Å². The first-order valence-corrected chi connectivity index (χ1v) is 5.91. The van der Waals surface area contributed by atoms with Gasteiger partial charge in [0.2, 0.25) is 5.91 Å². The summed E-state index contributed by atoms with van der Waals surface area (Å²) in [6.07, 6.45) is 5.49. The summed E-state index contributed by atoms with van der Waals surface area (Å²) in [7, 11) is 0. The lowest BCUT2D eigenvalue weighted by Gasteiger charge is -2.15. The van der Waals surface area contributed by atoms with Gasteiger partial charge in [-0.15, -0.1) is 0 Å². The van der Waals surface area contributed by atoms with Crippen molar-refractivity contribution in [3.63, 3.8) is 0 Å². The Balaban J connectivity index is 2.47. The SMILES string of the molecule is O=C(O)C[C@@H](NC(=O)CC1=CCCCC1)C(=O)O. The number of hydrogen-bond acceptors (Lipinski definition) is 3. The number of carboxylic acids is 2. The topological polar surface area (TPSA) is 104 Å². The van der Waals surface area contributed by atoms with Gasteiger partial charge >= 0.3 is 11.9 Å². The zero-order valence-corrected chi connectivity index (χ0v) is 10.0. The van der Waals surface area contributed by atoms with E-state index in [0.29, 0.717) is 0 Å². The fourth-order valence-electron chi connectivity index (χ4n) is 1.89. The molecule has 0 fully saturated rings. The number of carbonyl (C=O) groups is 3. The zero-order chi connectivity index (χ0) is 13.5. The van der Waals surface area contributed by atoms with Gasteiger partial charge in [0.15, 0.2) is 0 Å². The van der Waals surface area contributed by atoms with Crippen molar-refractivity contribution in [2.45, 2.75) is 44.6 Å². The summed E-state index contributed by atoms with van der Waals surface area (Å²) >= 11 is 0. The van der Waals surface area contributed by atoms with Crippen LogP contribution < -0.4 is 5.32 Å². The summed E-state index contributed by atoms with van der Waals surface area (Å²) in [4.78, 5) is 32.8. The molecule has 1 aliphatic carbocycles. The first-order chi connectivity index (χ1) is 8.49. The molecule has 0 aromatic carbocycles. The first-order valence-electron chi connectivity index (χ1n) is 5.91. The predicted molar refractivity (Wildman–Crippen MR) is 63.0 cm³/mol. The monoisotopic (exact) mass is 255 g/mol. The molecule has 18 heavy (non-hydrogen) atoms. The number of nitrogens with one attached hydrogen (secondary N) is 1. The molecule has 0 bridgehead atoms. The minimum atomic E-state index is -1.36. The van der Waals surface area contributed by atoms with E-state index in [2.05, 4.69) is 5.32 Å². The van der Waals surface area contributed by atoms with Gasteiger partial charge in [-0.25, -0.2) is 4.79 Å². The van der Waals surface area contributed by atoms with Crippen molar-refractivity contribution in [2.24, 2.45) is 0 Å². The number of amides is 1. The van der Waals surface area contributed by atoms with Crippen LogP contribution >= 0.6 is 0 Å². The number of carbonyl (C=O) groups excluding carboxylic acids is 1. The Kier molecular flexibility index (Phi) is 5.35. The van der Waals surface area contributed by atoms with E-state index in [1.165, 1.54) is 0 Å². The molecule has 1 atom stereocenters. The molecule has 6 heteroatoms. The van der Waals surface area contributed by atoms with Crippen molar-refractivity contribution in [3.05, 3.63) is 11.6 Å². The molecule has 100 valence electrons. The van der Waals surface area contributed by atoms with Crippen LogP contribution in [0.5, 0.6) is 0 Å². The first kappa shape index (κ1) is 14.2. The van der Waals surface area contributed by atoms with Crippen LogP contribution in [0.25, 0.3) is 0 Å².